The fraction of sp³-hybridized carbons (Fsp3) is 0.333. The molecule has 0 unspecified atom stereocenters. The Morgan fingerprint density at radius 3 is 2.81 bits per heavy atom. The number of aliphatic carboxylic acids is 1. The standard InChI is InChI=1S/C15H15Br2NO3/c16-11-9-12(17)15(14-10(11)5-4-7-18-14)21-8-3-1-2-6-13(19)20/h4-5,7,9H,1-3,6,8H2,(H,19,20). The number of fused-ring (bicyclic) bond motifs is 1. The quantitative estimate of drug-likeness (QED) is 0.659. The third kappa shape index (κ3) is 4.41. The molecule has 0 fully saturated rings. The molecule has 0 atom stereocenters. The van der Waals surface area contributed by atoms with Crippen molar-refractivity contribution in [1.82, 2.24) is 4.98 Å². The normalized spacial score (nSPS) is 10.8. The maximum atomic E-state index is 10.4. The highest BCUT2D eigenvalue weighted by molar-refractivity contribution is 9.11. The first-order valence-electron chi connectivity index (χ1n) is 6.67. The van der Waals surface area contributed by atoms with E-state index in [4.69, 9.17) is 9.84 Å². The number of hydrogen-bond donors (Lipinski definition) is 1. The Hall–Kier alpha value is -1.14. The third-order valence-corrected chi connectivity index (χ3v) is 4.28. The number of aromatic nitrogens is 1. The molecule has 6 heteroatoms. The molecule has 1 heterocycles. The van der Waals surface area contributed by atoms with Gasteiger partial charge in [0.25, 0.3) is 0 Å². The van der Waals surface area contributed by atoms with Gasteiger partial charge in [-0.25, -0.2) is 0 Å². The summed E-state index contributed by atoms with van der Waals surface area (Å²) < 4.78 is 7.65. The highest BCUT2D eigenvalue weighted by atomic mass is 79.9. The van der Waals surface area contributed by atoms with Crippen LogP contribution in [0.1, 0.15) is 25.7 Å². The molecule has 0 amide bonds. The molecule has 2 aromatic rings. The van der Waals surface area contributed by atoms with E-state index in [0.717, 1.165) is 38.4 Å². The number of rotatable bonds is 7. The van der Waals surface area contributed by atoms with Crippen molar-refractivity contribution in [2.24, 2.45) is 0 Å². The molecule has 0 aliphatic rings. The Morgan fingerprint density at radius 2 is 2.05 bits per heavy atom. The largest absolute Gasteiger partial charge is 0.490 e. The lowest BCUT2D eigenvalue weighted by Crippen LogP contribution is -2.01. The number of carbonyl (C=O) groups is 1. The van der Waals surface area contributed by atoms with E-state index in [9.17, 15) is 4.79 Å². The Labute approximate surface area is 139 Å². The van der Waals surface area contributed by atoms with Gasteiger partial charge in [0.2, 0.25) is 0 Å². The van der Waals surface area contributed by atoms with Crippen molar-refractivity contribution >= 4 is 48.7 Å². The zero-order chi connectivity index (χ0) is 15.2. The average Bonchev–Trinajstić information content (AvgIpc) is 2.45. The van der Waals surface area contributed by atoms with Crippen LogP contribution in [-0.2, 0) is 4.79 Å². The van der Waals surface area contributed by atoms with Gasteiger partial charge in [0.05, 0.1) is 11.1 Å². The number of hydrogen-bond acceptors (Lipinski definition) is 3. The van der Waals surface area contributed by atoms with Gasteiger partial charge in [-0.15, -0.1) is 0 Å². The highest BCUT2D eigenvalue weighted by Crippen LogP contribution is 2.37. The zero-order valence-electron chi connectivity index (χ0n) is 11.3. The van der Waals surface area contributed by atoms with Gasteiger partial charge < -0.3 is 9.84 Å². The highest BCUT2D eigenvalue weighted by Gasteiger charge is 2.11. The molecule has 0 aliphatic carbocycles. The van der Waals surface area contributed by atoms with E-state index in [1.165, 1.54) is 0 Å². The molecule has 0 bridgehead atoms. The number of ether oxygens (including phenoxy) is 1. The molecule has 1 aromatic heterocycles. The van der Waals surface area contributed by atoms with Gasteiger partial charge >= 0.3 is 5.97 Å². The summed E-state index contributed by atoms with van der Waals surface area (Å²) in [5.74, 6) is -0.0196. The molecule has 21 heavy (non-hydrogen) atoms. The van der Waals surface area contributed by atoms with Crippen molar-refractivity contribution < 1.29 is 14.6 Å². The van der Waals surface area contributed by atoms with Crippen LogP contribution < -0.4 is 4.74 Å². The van der Waals surface area contributed by atoms with Crippen LogP contribution in [0.4, 0.5) is 0 Å². The topological polar surface area (TPSA) is 59.4 Å². The second-order valence-electron chi connectivity index (χ2n) is 4.62. The third-order valence-electron chi connectivity index (χ3n) is 3.03. The summed E-state index contributed by atoms with van der Waals surface area (Å²) in [6, 6.07) is 5.82. The van der Waals surface area contributed by atoms with Crippen LogP contribution in [0, 0.1) is 0 Å². The smallest absolute Gasteiger partial charge is 0.303 e. The molecule has 1 aromatic carbocycles. The van der Waals surface area contributed by atoms with Gasteiger partial charge in [0.15, 0.2) is 5.75 Å². The predicted octanol–water partition coefficient (Wildman–Crippen LogP) is 4.78. The maximum Gasteiger partial charge on any atom is 0.303 e. The Bertz CT molecular complexity index is 646. The van der Waals surface area contributed by atoms with Gasteiger partial charge in [0, 0.05) is 22.5 Å². The minimum absolute atomic E-state index is 0.215. The van der Waals surface area contributed by atoms with Gasteiger partial charge in [0.1, 0.15) is 5.52 Å². The molecule has 0 saturated heterocycles. The minimum Gasteiger partial charge on any atom is -0.490 e. The lowest BCUT2D eigenvalue weighted by atomic mass is 10.2. The van der Waals surface area contributed by atoms with Crippen molar-refractivity contribution in [1.29, 1.82) is 0 Å². The SMILES string of the molecule is O=C(O)CCCCCOc1c(Br)cc(Br)c2cccnc12. The second kappa shape index (κ2) is 7.75. The second-order valence-corrected chi connectivity index (χ2v) is 6.33. The number of carboxylic acids is 1. The van der Waals surface area contributed by atoms with Gasteiger partial charge in [-0.1, -0.05) is 22.0 Å². The Kier molecular flexibility index (Phi) is 5.99. The van der Waals surface area contributed by atoms with Crippen LogP contribution >= 0.6 is 31.9 Å². The fourth-order valence-corrected chi connectivity index (χ4v) is 3.40. The average molecular weight is 417 g/mol. The number of nitrogens with zero attached hydrogens (tertiary/aromatic N) is 1. The summed E-state index contributed by atoms with van der Waals surface area (Å²) >= 11 is 7.01. The van der Waals surface area contributed by atoms with E-state index >= 15 is 0 Å². The fourth-order valence-electron chi connectivity index (χ4n) is 2.01. The van der Waals surface area contributed by atoms with Crippen molar-refractivity contribution in [2.75, 3.05) is 6.61 Å². The molecular formula is C15H15Br2NO3. The molecule has 2 rings (SSSR count). The van der Waals surface area contributed by atoms with Crippen molar-refractivity contribution in [3.63, 3.8) is 0 Å². The van der Waals surface area contributed by atoms with E-state index in [-0.39, 0.29) is 6.42 Å². The summed E-state index contributed by atoms with van der Waals surface area (Å²) in [4.78, 5) is 14.8. The van der Waals surface area contributed by atoms with E-state index in [1.54, 1.807) is 6.20 Å². The molecule has 0 radical (unpaired) electrons. The Morgan fingerprint density at radius 1 is 1.24 bits per heavy atom. The van der Waals surface area contributed by atoms with Crippen molar-refractivity contribution in [2.45, 2.75) is 25.7 Å². The molecule has 0 spiro atoms. The van der Waals surface area contributed by atoms with Crippen LogP contribution in [0.25, 0.3) is 10.9 Å². The minimum atomic E-state index is -0.748. The molecule has 0 aliphatic heterocycles. The van der Waals surface area contributed by atoms with Crippen LogP contribution in [0.3, 0.4) is 0 Å². The van der Waals surface area contributed by atoms with Crippen LogP contribution in [0.15, 0.2) is 33.3 Å². The van der Waals surface area contributed by atoms with Gasteiger partial charge in [-0.2, -0.15) is 0 Å². The van der Waals surface area contributed by atoms with Crippen LogP contribution in [0.2, 0.25) is 0 Å². The Balaban J connectivity index is 2.00. The first-order chi connectivity index (χ1) is 10.1. The van der Waals surface area contributed by atoms with E-state index in [1.807, 2.05) is 18.2 Å². The number of halogens is 2. The zero-order valence-corrected chi connectivity index (χ0v) is 14.5. The van der Waals surface area contributed by atoms with Crippen LogP contribution in [0.5, 0.6) is 5.75 Å². The first-order valence-corrected chi connectivity index (χ1v) is 8.25. The van der Waals surface area contributed by atoms with Crippen molar-refractivity contribution in [3.05, 3.63) is 33.3 Å². The summed E-state index contributed by atoms with van der Waals surface area (Å²) in [6.45, 7) is 0.547. The van der Waals surface area contributed by atoms with Gasteiger partial charge in [-0.3, -0.25) is 9.78 Å². The maximum absolute atomic E-state index is 10.4. The van der Waals surface area contributed by atoms with Gasteiger partial charge in [-0.05, 0) is 47.3 Å². The number of benzene rings is 1. The number of pyridine rings is 1. The predicted molar refractivity (Wildman–Crippen MR) is 88.7 cm³/mol. The summed E-state index contributed by atoms with van der Waals surface area (Å²) in [5.41, 5.74) is 0.810. The summed E-state index contributed by atoms with van der Waals surface area (Å²) in [7, 11) is 0. The molecule has 112 valence electrons. The number of unbranched alkanes of at least 4 members (excludes halogenated alkanes) is 2. The van der Waals surface area contributed by atoms with E-state index in [2.05, 4.69) is 36.8 Å². The molecule has 4 nitrogen and oxygen atoms in total. The molecule has 1 N–H and O–H groups in total. The lowest BCUT2D eigenvalue weighted by molar-refractivity contribution is -0.137. The lowest BCUT2D eigenvalue weighted by Gasteiger charge is -2.11. The number of carboxylic acid groups (broad SMARTS) is 1. The van der Waals surface area contributed by atoms with Crippen LogP contribution in [-0.4, -0.2) is 22.7 Å². The van der Waals surface area contributed by atoms with E-state index < -0.39 is 5.97 Å². The molecule has 0 saturated carbocycles. The monoisotopic (exact) mass is 415 g/mol. The summed E-state index contributed by atoms with van der Waals surface area (Å²) in [6.07, 6.45) is 4.29. The van der Waals surface area contributed by atoms with Crippen molar-refractivity contribution in [3.8, 4) is 5.75 Å². The first kappa shape index (κ1) is 16.2. The van der Waals surface area contributed by atoms with E-state index in [0.29, 0.717) is 13.0 Å². The summed E-state index contributed by atoms with van der Waals surface area (Å²) in [5, 5.41) is 9.58. The molecular weight excluding hydrogens is 402 g/mol.